The number of furan rings is 1. The van der Waals surface area contributed by atoms with E-state index in [0.717, 1.165) is 24.8 Å². The molecule has 2 rings (SSSR count). The van der Waals surface area contributed by atoms with E-state index in [9.17, 15) is 0 Å². The van der Waals surface area contributed by atoms with Gasteiger partial charge in [-0.25, -0.2) is 4.99 Å². The Bertz CT molecular complexity index is 453. The van der Waals surface area contributed by atoms with Crippen LogP contribution >= 0.6 is 24.0 Å². The molecule has 5 nitrogen and oxygen atoms in total. The molecule has 6 heteroatoms. The van der Waals surface area contributed by atoms with Gasteiger partial charge in [0.25, 0.3) is 0 Å². The Kier molecular flexibility index (Phi) is 8.98. The molecule has 0 aromatic carbocycles. The molecule has 2 heterocycles. The molecule has 1 fully saturated rings. The van der Waals surface area contributed by atoms with Gasteiger partial charge in [0, 0.05) is 18.6 Å². The molecule has 0 amide bonds. The van der Waals surface area contributed by atoms with E-state index < -0.39 is 0 Å². The Balaban J connectivity index is 0.00000264. The second-order valence-corrected chi connectivity index (χ2v) is 6.49. The van der Waals surface area contributed by atoms with Crippen LogP contribution in [0.15, 0.2) is 27.8 Å². The number of nitrogens with one attached hydrogen (secondary N) is 2. The molecule has 0 spiro atoms. The lowest BCUT2D eigenvalue weighted by Crippen LogP contribution is -2.54. The lowest BCUT2D eigenvalue weighted by atomic mass is 9.98. The average Bonchev–Trinajstić information content (AvgIpc) is 3.04. The van der Waals surface area contributed by atoms with E-state index in [0.29, 0.717) is 6.54 Å². The van der Waals surface area contributed by atoms with Crippen molar-refractivity contribution in [3.05, 3.63) is 24.2 Å². The van der Waals surface area contributed by atoms with Gasteiger partial charge in [0.2, 0.25) is 0 Å². The second-order valence-electron chi connectivity index (χ2n) is 6.49. The van der Waals surface area contributed by atoms with Crippen LogP contribution < -0.4 is 10.6 Å². The van der Waals surface area contributed by atoms with E-state index in [-0.39, 0.29) is 29.5 Å². The Morgan fingerprint density at radius 1 is 1.26 bits per heavy atom. The number of hydrogen-bond acceptors (Lipinski definition) is 3. The van der Waals surface area contributed by atoms with Crippen molar-refractivity contribution in [2.75, 3.05) is 26.2 Å². The topological polar surface area (TPSA) is 52.8 Å². The molecule has 1 saturated heterocycles. The summed E-state index contributed by atoms with van der Waals surface area (Å²) >= 11 is 0. The molecule has 132 valence electrons. The van der Waals surface area contributed by atoms with Gasteiger partial charge < -0.3 is 15.1 Å². The predicted molar refractivity (Wildman–Crippen MR) is 106 cm³/mol. The fourth-order valence-electron chi connectivity index (χ4n) is 2.81. The first-order valence-electron chi connectivity index (χ1n) is 8.41. The van der Waals surface area contributed by atoms with Crippen molar-refractivity contribution >= 4 is 29.9 Å². The third-order valence-corrected chi connectivity index (χ3v) is 4.22. The average molecular weight is 434 g/mol. The zero-order valence-corrected chi connectivity index (χ0v) is 16.9. The Hall–Kier alpha value is -0.760. The summed E-state index contributed by atoms with van der Waals surface area (Å²) in [5.41, 5.74) is 0.140. The molecular formula is C17H31IN4O. The molecule has 1 aromatic rings. The first-order chi connectivity index (χ1) is 10.6. The lowest BCUT2D eigenvalue weighted by molar-refractivity contribution is 0.0982. The number of hydrogen-bond donors (Lipinski definition) is 2. The SMILES string of the molecule is CCNC(=NCc1ccco1)NCC(C)(C)N1CCCCC1.I. The summed E-state index contributed by atoms with van der Waals surface area (Å²) in [5, 5.41) is 6.78. The zero-order chi connectivity index (χ0) is 15.8. The number of aliphatic imine (C=N–C) groups is 1. The highest BCUT2D eigenvalue weighted by atomic mass is 127. The summed E-state index contributed by atoms with van der Waals surface area (Å²) in [4.78, 5) is 7.17. The number of piperidine rings is 1. The summed E-state index contributed by atoms with van der Waals surface area (Å²) in [6.45, 7) is 11.4. The summed E-state index contributed by atoms with van der Waals surface area (Å²) in [7, 11) is 0. The van der Waals surface area contributed by atoms with Crippen LogP contribution in [0.3, 0.4) is 0 Å². The van der Waals surface area contributed by atoms with Gasteiger partial charge in [-0.1, -0.05) is 6.42 Å². The predicted octanol–water partition coefficient (Wildman–Crippen LogP) is 3.22. The molecule has 0 unspecified atom stereocenters. The monoisotopic (exact) mass is 434 g/mol. The molecule has 0 saturated carbocycles. The zero-order valence-electron chi connectivity index (χ0n) is 14.6. The number of nitrogens with zero attached hydrogens (tertiary/aromatic N) is 2. The molecule has 0 atom stereocenters. The van der Waals surface area contributed by atoms with Gasteiger partial charge in [0.1, 0.15) is 12.3 Å². The van der Waals surface area contributed by atoms with Crippen LogP contribution in [-0.2, 0) is 6.54 Å². The molecule has 2 N–H and O–H groups in total. The minimum absolute atomic E-state index is 0. The van der Waals surface area contributed by atoms with E-state index in [1.807, 2.05) is 12.1 Å². The van der Waals surface area contributed by atoms with Crippen LogP contribution in [0.4, 0.5) is 0 Å². The Morgan fingerprint density at radius 3 is 2.61 bits per heavy atom. The van der Waals surface area contributed by atoms with Crippen molar-refractivity contribution in [2.45, 2.75) is 52.1 Å². The minimum Gasteiger partial charge on any atom is -0.467 e. The van der Waals surface area contributed by atoms with Gasteiger partial charge in [0.05, 0.1) is 6.26 Å². The summed E-state index contributed by atoms with van der Waals surface area (Å²) in [6.07, 6.45) is 5.68. The first-order valence-corrected chi connectivity index (χ1v) is 8.41. The normalized spacial score (nSPS) is 16.7. The maximum atomic E-state index is 5.33. The third-order valence-electron chi connectivity index (χ3n) is 4.22. The highest BCUT2D eigenvalue weighted by Crippen LogP contribution is 2.19. The highest BCUT2D eigenvalue weighted by molar-refractivity contribution is 14.0. The first kappa shape index (κ1) is 20.3. The van der Waals surface area contributed by atoms with Crippen molar-refractivity contribution in [3.8, 4) is 0 Å². The van der Waals surface area contributed by atoms with E-state index >= 15 is 0 Å². The summed E-state index contributed by atoms with van der Waals surface area (Å²) in [5.74, 6) is 1.73. The summed E-state index contributed by atoms with van der Waals surface area (Å²) < 4.78 is 5.33. The molecule has 1 aromatic heterocycles. The molecule has 0 bridgehead atoms. The largest absolute Gasteiger partial charge is 0.467 e. The molecule has 23 heavy (non-hydrogen) atoms. The van der Waals surface area contributed by atoms with Crippen molar-refractivity contribution in [1.29, 1.82) is 0 Å². The van der Waals surface area contributed by atoms with Crippen LogP contribution in [0, 0.1) is 0 Å². The van der Waals surface area contributed by atoms with Crippen molar-refractivity contribution in [2.24, 2.45) is 4.99 Å². The smallest absolute Gasteiger partial charge is 0.191 e. The van der Waals surface area contributed by atoms with Gasteiger partial charge in [-0.15, -0.1) is 24.0 Å². The quantitative estimate of drug-likeness (QED) is 0.410. The van der Waals surface area contributed by atoms with Crippen molar-refractivity contribution in [1.82, 2.24) is 15.5 Å². The second kappa shape index (κ2) is 10.2. The lowest BCUT2D eigenvalue weighted by Gasteiger charge is -2.41. The van der Waals surface area contributed by atoms with Gasteiger partial charge >= 0.3 is 0 Å². The van der Waals surface area contributed by atoms with Crippen LogP contribution in [-0.4, -0.2) is 42.6 Å². The number of halogens is 1. The van der Waals surface area contributed by atoms with Crippen LogP contribution in [0.1, 0.15) is 45.8 Å². The third kappa shape index (κ3) is 6.71. The van der Waals surface area contributed by atoms with E-state index in [1.54, 1.807) is 6.26 Å². The number of guanidine groups is 1. The van der Waals surface area contributed by atoms with E-state index in [4.69, 9.17) is 4.42 Å². The van der Waals surface area contributed by atoms with Crippen molar-refractivity contribution < 1.29 is 4.42 Å². The summed E-state index contributed by atoms with van der Waals surface area (Å²) in [6, 6.07) is 3.84. The number of rotatable bonds is 6. The van der Waals surface area contributed by atoms with Gasteiger partial charge in [-0.2, -0.15) is 0 Å². The van der Waals surface area contributed by atoms with Crippen LogP contribution in [0.2, 0.25) is 0 Å². The van der Waals surface area contributed by atoms with Gasteiger partial charge in [-0.05, 0) is 58.8 Å². The fourth-order valence-corrected chi connectivity index (χ4v) is 2.81. The molecule has 0 radical (unpaired) electrons. The van der Waals surface area contributed by atoms with Gasteiger partial charge in [-0.3, -0.25) is 4.90 Å². The Labute approximate surface area is 157 Å². The molecule has 0 aliphatic carbocycles. The molecule has 1 aliphatic rings. The van der Waals surface area contributed by atoms with E-state index in [1.165, 1.54) is 32.4 Å². The minimum atomic E-state index is 0. The number of likely N-dealkylation sites (tertiary alicyclic amines) is 1. The molecular weight excluding hydrogens is 403 g/mol. The van der Waals surface area contributed by atoms with E-state index in [2.05, 4.69) is 41.3 Å². The maximum Gasteiger partial charge on any atom is 0.191 e. The fraction of sp³-hybridized carbons (Fsp3) is 0.706. The maximum absolute atomic E-state index is 5.33. The van der Waals surface area contributed by atoms with Crippen molar-refractivity contribution in [3.63, 3.8) is 0 Å². The standard InChI is InChI=1S/C17H30N4O.HI/c1-4-18-16(19-13-15-9-8-12-22-15)20-14-17(2,3)21-10-6-5-7-11-21;/h8-9,12H,4-7,10-11,13-14H2,1-3H3,(H2,18,19,20);1H. The Morgan fingerprint density at radius 2 is 2.00 bits per heavy atom. The van der Waals surface area contributed by atoms with Gasteiger partial charge in [0.15, 0.2) is 5.96 Å². The van der Waals surface area contributed by atoms with Crippen LogP contribution in [0.25, 0.3) is 0 Å². The highest BCUT2D eigenvalue weighted by Gasteiger charge is 2.27. The van der Waals surface area contributed by atoms with Crippen LogP contribution in [0.5, 0.6) is 0 Å². The molecule has 1 aliphatic heterocycles.